The van der Waals surface area contributed by atoms with E-state index in [0.29, 0.717) is 38.7 Å². The number of carbonyl (C=O) groups is 1. The van der Waals surface area contributed by atoms with E-state index in [4.69, 9.17) is 11.6 Å². The second-order valence-corrected chi connectivity index (χ2v) is 8.45. The Labute approximate surface area is 201 Å². The van der Waals surface area contributed by atoms with Gasteiger partial charge >= 0.3 is 0 Å². The van der Waals surface area contributed by atoms with Crippen LogP contribution in [0.1, 0.15) is 28.3 Å². The average Bonchev–Trinajstić information content (AvgIpc) is 3.07. The fourth-order valence-electron chi connectivity index (χ4n) is 3.92. The number of benzene rings is 2. The normalized spacial score (nSPS) is 11.5. The number of aryl methyl sites for hydroxylation is 3. The number of halogens is 1. The lowest BCUT2D eigenvalue weighted by molar-refractivity contribution is -0.112. The van der Waals surface area contributed by atoms with Crippen LogP contribution in [0.4, 0.5) is 5.69 Å². The zero-order chi connectivity index (χ0) is 24.6. The van der Waals surface area contributed by atoms with E-state index in [-0.39, 0.29) is 11.1 Å². The molecule has 2 aromatic heterocycles. The first kappa shape index (κ1) is 23.0. The molecule has 0 saturated carbocycles. The number of fused-ring (bicyclic) bond motifs is 1. The van der Waals surface area contributed by atoms with Crippen molar-refractivity contribution in [1.29, 1.82) is 5.26 Å². The molecule has 7 nitrogen and oxygen atoms in total. The topological polar surface area (TPSA) is 92.7 Å². The summed E-state index contributed by atoms with van der Waals surface area (Å²) in [7, 11) is 0. The lowest BCUT2D eigenvalue weighted by Crippen LogP contribution is -2.30. The number of hydrogen-bond acceptors (Lipinski definition) is 4. The van der Waals surface area contributed by atoms with E-state index in [0.717, 1.165) is 11.3 Å². The zero-order valence-corrected chi connectivity index (χ0v) is 19.9. The molecule has 170 valence electrons. The summed E-state index contributed by atoms with van der Waals surface area (Å²) in [5, 5.41) is 13.4. The Bertz CT molecular complexity index is 1590. The van der Waals surface area contributed by atoms with Gasteiger partial charge in [-0.25, -0.2) is 4.98 Å². The monoisotopic (exact) mass is 471 g/mol. The third kappa shape index (κ3) is 4.12. The number of carbonyl (C=O) groups excluding carboxylic acids is 1. The molecule has 34 heavy (non-hydrogen) atoms. The molecule has 0 unspecified atom stereocenters. The van der Waals surface area contributed by atoms with E-state index in [1.54, 1.807) is 48.0 Å². The number of para-hydroxylation sites is 1. The van der Waals surface area contributed by atoms with E-state index < -0.39 is 5.91 Å². The molecule has 8 heteroatoms. The standard InChI is InChI=1S/C26H22ClN5O2/c1-15-9-10-21(27)13-24(15)30-25(33)20(14-28)12-19-11-16(2)31(17(19)3)32-18(4)29-23-8-6-5-7-22(23)26(32)34/h5-13H,1-4H3,(H,30,33). The van der Waals surface area contributed by atoms with E-state index >= 15 is 0 Å². The van der Waals surface area contributed by atoms with Crippen molar-refractivity contribution in [3.05, 3.63) is 97.8 Å². The quantitative estimate of drug-likeness (QED) is 0.337. The highest BCUT2D eigenvalue weighted by Gasteiger charge is 2.17. The van der Waals surface area contributed by atoms with Crippen molar-refractivity contribution in [1.82, 2.24) is 14.3 Å². The van der Waals surface area contributed by atoms with Crippen molar-refractivity contribution in [2.75, 3.05) is 5.32 Å². The highest BCUT2D eigenvalue weighted by molar-refractivity contribution is 6.31. The van der Waals surface area contributed by atoms with Gasteiger partial charge < -0.3 is 5.32 Å². The Hall–Kier alpha value is -4.15. The number of rotatable bonds is 4. The minimum Gasteiger partial charge on any atom is -0.321 e. The Balaban J connectivity index is 1.77. The number of nitrogens with zero attached hydrogens (tertiary/aromatic N) is 4. The van der Waals surface area contributed by atoms with Crippen molar-refractivity contribution >= 4 is 40.2 Å². The lowest BCUT2D eigenvalue weighted by atomic mass is 10.1. The van der Waals surface area contributed by atoms with Gasteiger partial charge in [0.2, 0.25) is 0 Å². The first-order valence-corrected chi connectivity index (χ1v) is 11.0. The van der Waals surface area contributed by atoms with Crippen LogP contribution in [0.5, 0.6) is 0 Å². The largest absolute Gasteiger partial charge is 0.321 e. The van der Waals surface area contributed by atoms with Crippen LogP contribution in [0.3, 0.4) is 0 Å². The molecule has 0 aliphatic carbocycles. The summed E-state index contributed by atoms with van der Waals surface area (Å²) in [5.74, 6) is -0.0194. The summed E-state index contributed by atoms with van der Waals surface area (Å²) in [6, 6.07) is 16.1. The van der Waals surface area contributed by atoms with E-state index in [1.165, 1.54) is 10.8 Å². The Morgan fingerprint density at radius 2 is 1.82 bits per heavy atom. The van der Waals surface area contributed by atoms with Crippen LogP contribution >= 0.6 is 11.6 Å². The Morgan fingerprint density at radius 1 is 1.09 bits per heavy atom. The number of nitriles is 1. The molecule has 0 bridgehead atoms. The molecule has 0 fully saturated rings. The van der Waals surface area contributed by atoms with Crippen LogP contribution in [0.2, 0.25) is 5.02 Å². The van der Waals surface area contributed by atoms with Gasteiger partial charge in [-0.2, -0.15) is 9.94 Å². The molecule has 0 aliphatic heterocycles. The predicted octanol–water partition coefficient (Wildman–Crippen LogP) is 4.94. The number of aromatic nitrogens is 3. The molecule has 0 aliphatic rings. The van der Waals surface area contributed by atoms with Gasteiger partial charge in [-0.3, -0.25) is 14.3 Å². The van der Waals surface area contributed by atoms with Gasteiger partial charge in [0.15, 0.2) is 0 Å². The molecule has 2 heterocycles. The summed E-state index contributed by atoms with van der Waals surface area (Å²) < 4.78 is 3.25. The van der Waals surface area contributed by atoms with Crippen LogP contribution in [0.15, 0.2) is 58.9 Å². The molecule has 0 radical (unpaired) electrons. The van der Waals surface area contributed by atoms with E-state index in [2.05, 4.69) is 10.3 Å². The predicted molar refractivity (Wildman–Crippen MR) is 134 cm³/mol. The third-order valence-electron chi connectivity index (χ3n) is 5.66. The van der Waals surface area contributed by atoms with Gasteiger partial charge in [0.25, 0.3) is 11.5 Å². The molecule has 2 aromatic carbocycles. The SMILES string of the molecule is Cc1ccc(Cl)cc1NC(=O)C(C#N)=Cc1cc(C)n(-n2c(C)nc3ccccc3c2=O)c1C. The van der Waals surface area contributed by atoms with Crippen LogP contribution in [-0.2, 0) is 4.79 Å². The third-order valence-corrected chi connectivity index (χ3v) is 5.90. The maximum Gasteiger partial charge on any atom is 0.280 e. The summed E-state index contributed by atoms with van der Waals surface area (Å²) in [5.41, 5.74) is 3.82. The van der Waals surface area contributed by atoms with E-state index in [9.17, 15) is 14.9 Å². The minimum atomic E-state index is -0.543. The Kier molecular flexibility index (Phi) is 6.10. The van der Waals surface area contributed by atoms with Gasteiger partial charge in [-0.1, -0.05) is 29.8 Å². The molecule has 1 N–H and O–H groups in total. The first-order valence-electron chi connectivity index (χ1n) is 10.6. The highest BCUT2D eigenvalue weighted by Crippen LogP contribution is 2.23. The number of amides is 1. The van der Waals surface area contributed by atoms with Crippen LogP contribution in [-0.4, -0.2) is 20.2 Å². The van der Waals surface area contributed by atoms with E-state index in [1.807, 2.05) is 39.0 Å². The molecule has 1 amide bonds. The van der Waals surface area contributed by atoms with Crippen molar-refractivity contribution in [2.24, 2.45) is 0 Å². The summed E-state index contributed by atoms with van der Waals surface area (Å²) in [4.78, 5) is 30.7. The second kappa shape index (κ2) is 9.00. The summed E-state index contributed by atoms with van der Waals surface area (Å²) in [6.45, 7) is 7.29. The van der Waals surface area contributed by atoms with Crippen LogP contribution in [0, 0.1) is 39.0 Å². The summed E-state index contributed by atoms with van der Waals surface area (Å²) >= 11 is 6.04. The van der Waals surface area contributed by atoms with Crippen LogP contribution < -0.4 is 10.9 Å². The van der Waals surface area contributed by atoms with Gasteiger partial charge in [-0.15, -0.1) is 0 Å². The average molecular weight is 472 g/mol. The van der Waals surface area contributed by atoms with Crippen molar-refractivity contribution < 1.29 is 4.79 Å². The molecule has 0 saturated heterocycles. The lowest BCUT2D eigenvalue weighted by Gasteiger charge is -2.16. The molecule has 4 rings (SSSR count). The fourth-order valence-corrected chi connectivity index (χ4v) is 4.10. The number of nitrogens with one attached hydrogen (secondary N) is 1. The smallest absolute Gasteiger partial charge is 0.280 e. The molecular weight excluding hydrogens is 450 g/mol. The maximum atomic E-state index is 13.3. The molecular formula is C26H22ClN5O2. The summed E-state index contributed by atoms with van der Waals surface area (Å²) in [6.07, 6.45) is 1.52. The van der Waals surface area contributed by atoms with Gasteiger partial charge in [0.05, 0.1) is 10.9 Å². The van der Waals surface area contributed by atoms with Gasteiger partial charge in [0.1, 0.15) is 17.5 Å². The van der Waals surface area contributed by atoms with Gasteiger partial charge in [0, 0.05) is 22.1 Å². The zero-order valence-electron chi connectivity index (χ0n) is 19.2. The molecule has 4 aromatic rings. The van der Waals surface area contributed by atoms with Gasteiger partial charge in [-0.05, 0) is 75.2 Å². The van der Waals surface area contributed by atoms with Crippen molar-refractivity contribution in [2.45, 2.75) is 27.7 Å². The van der Waals surface area contributed by atoms with Crippen molar-refractivity contribution in [3.8, 4) is 6.07 Å². The Morgan fingerprint density at radius 3 is 2.56 bits per heavy atom. The highest BCUT2D eigenvalue weighted by atomic mass is 35.5. The first-order chi connectivity index (χ1) is 16.2. The number of anilines is 1. The molecule has 0 atom stereocenters. The molecule has 0 spiro atoms. The van der Waals surface area contributed by atoms with Crippen LogP contribution in [0.25, 0.3) is 17.0 Å². The van der Waals surface area contributed by atoms with Crippen molar-refractivity contribution in [3.63, 3.8) is 0 Å². The maximum absolute atomic E-state index is 13.3. The number of hydrogen-bond donors (Lipinski definition) is 1. The second-order valence-electron chi connectivity index (χ2n) is 8.01. The minimum absolute atomic E-state index is 0.0691. The fraction of sp³-hybridized carbons (Fsp3) is 0.154.